The number of hydrogen-bond donors (Lipinski definition) is 2. The molecule has 0 saturated carbocycles. The van der Waals surface area contributed by atoms with Crippen molar-refractivity contribution in [2.75, 3.05) is 59.0 Å². The monoisotopic (exact) mass is 354 g/mol. The zero-order valence-electron chi connectivity index (χ0n) is 14.4. The van der Waals surface area contributed by atoms with E-state index in [2.05, 4.69) is 10.0 Å². The molecule has 0 aromatic carbocycles. The van der Waals surface area contributed by atoms with Crippen LogP contribution >= 0.6 is 11.9 Å². The van der Waals surface area contributed by atoms with Crippen molar-refractivity contribution in [2.45, 2.75) is 26.4 Å². The van der Waals surface area contributed by atoms with E-state index < -0.39 is 6.17 Å². The van der Waals surface area contributed by atoms with E-state index in [-0.39, 0.29) is 24.8 Å². The van der Waals surface area contributed by atoms with Gasteiger partial charge in [0.15, 0.2) is 0 Å². The molecule has 0 rings (SSSR count). The van der Waals surface area contributed by atoms with Crippen molar-refractivity contribution in [3.05, 3.63) is 0 Å². The zero-order chi connectivity index (χ0) is 17.3. The third kappa shape index (κ3) is 16.2. The summed E-state index contributed by atoms with van der Waals surface area (Å²) in [6.07, 6.45) is 1.15. The van der Waals surface area contributed by atoms with Crippen LogP contribution in [0.1, 0.15) is 20.3 Å². The summed E-state index contributed by atoms with van der Waals surface area (Å²) in [5.74, 6) is -0.255. The van der Waals surface area contributed by atoms with Crippen molar-refractivity contribution in [1.29, 1.82) is 0 Å². The molecule has 0 aliphatic carbocycles. The Morgan fingerprint density at radius 3 is 2.17 bits per heavy atom. The van der Waals surface area contributed by atoms with E-state index in [1.165, 1.54) is 0 Å². The third-order valence-electron chi connectivity index (χ3n) is 2.83. The molecule has 0 aliphatic rings. The Labute approximate surface area is 143 Å². The average molecular weight is 354 g/mol. The molecule has 0 bridgehead atoms. The van der Waals surface area contributed by atoms with E-state index in [0.717, 1.165) is 6.54 Å². The van der Waals surface area contributed by atoms with Gasteiger partial charge in [-0.05, 0) is 6.26 Å². The number of ether oxygens (including phenoxy) is 3. The topological polar surface area (TPSA) is 68.8 Å². The Morgan fingerprint density at radius 1 is 1.04 bits per heavy atom. The Kier molecular flexibility index (Phi) is 16.2. The van der Waals surface area contributed by atoms with Gasteiger partial charge in [0.1, 0.15) is 6.17 Å². The summed E-state index contributed by atoms with van der Waals surface area (Å²) in [7, 11) is 0. The average Bonchev–Trinajstić information content (AvgIpc) is 2.53. The summed E-state index contributed by atoms with van der Waals surface area (Å²) in [5, 5.41) is 2.56. The van der Waals surface area contributed by atoms with Gasteiger partial charge in [-0.1, -0.05) is 25.8 Å². The van der Waals surface area contributed by atoms with Gasteiger partial charge in [0, 0.05) is 32.0 Å². The number of rotatable bonds is 16. The Hall–Kier alpha value is -0.410. The van der Waals surface area contributed by atoms with E-state index in [4.69, 9.17) is 14.2 Å². The molecule has 0 aromatic rings. The second-order valence-electron chi connectivity index (χ2n) is 5.22. The molecule has 8 heteroatoms. The highest BCUT2D eigenvalue weighted by molar-refractivity contribution is 7.96. The first-order valence-electron chi connectivity index (χ1n) is 7.98. The molecule has 0 spiro atoms. The molecule has 1 amide bonds. The normalized spacial score (nSPS) is 12.6. The summed E-state index contributed by atoms with van der Waals surface area (Å²) < 4.78 is 32.5. The van der Waals surface area contributed by atoms with Gasteiger partial charge in [-0.3, -0.25) is 9.52 Å². The molecule has 0 saturated heterocycles. The summed E-state index contributed by atoms with van der Waals surface area (Å²) in [6.45, 7) is 7.35. The zero-order valence-corrected chi connectivity index (χ0v) is 15.3. The largest absolute Gasteiger partial charge is 0.379 e. The van der Waals surface area contributed by atoms with Gasteiger partial charge in [0.05, 0.1) is 33.0 Å². The fourth-order valence-corrected chi connectivity index (χ4v) is 1.77. The fourth-order valence-electron chi connectivity index (χ4n) is 1.49. The minimum Gasteiger partial charge on any atom is -0.379 e. The fraction of sp³-hybridized carbons (Fsp3) is 0.933. The highest BCUT2D eigenvalue weighted by Gasteiger charge is 2.11. The number of carbonyl (C=O) groups excluding carboxylic acids is 1. The first-order chi connectivity index (χ1) is 11.1. The molecular formula is C15H31FN2O4S. The van der Waals surface area contributed by atoms with Gasteiger partial charge < -0.3 is 19.5 Å². The van der Waals surface area contributed by atoms with Crippen LogP contribution in [0.2, 0.25) is 0 Å². The maximum absolute atomic E-state index is 13.5. The minimum absolute atomic E-state index is 0.0413. The Balaban J connectivity index is 3.22. The lowest BCUT2D eigenvalue weighted by Crippen LogP contribution is -2.33. The van der Waals surface area contributed by atoms with Crippen LogP contribution < -0.4 is 10.0 Å². The molecule has 0 radical (unpaired) electrons. The van der Waals surface area contributed by atoms with Gasteiger partial charge in [-0.25, -0.2) is 4.39 Å². The second kappa shape index (κ2) is 16.4. The lowest BCUT2D eigenvalue weighted by atomic mass is 10.2. The first-order valence-corrected chi connectivity index (χ1v) is 9.21. The maximum atomic E-state index is 13.5. The summed E-state index contributed by atoms with van der Waals surface area (Å²) >= 11 is 1.56. The van der Waals surface area contributed by atoms with Gasteiger partial charge in [0.25, 0.3) is 0 Å². The van der Waals surface area contributed by atoms with Crippen LogP contribution in [0.4, 0.5) is 4.39 Å². The third-order valence-corrected chi connectivity index (χ3v) is 3.33. The van der Waals surface area contributed by atoms with Crippen LogP contribution in [0.5, 0.6) is 0 Å². The molecule has 23 heavy (non-hydrogen) atoms. The minimum atomic E-state index is -1.08. The van der Waals surface area contributed by atoms with E-state index in [1.54, 1.807) is 25.8 Å². The number of nitrogens with one attached hydrogen (secondary N) is 2. The highest BCUT2D eigenvalue weighted by Crippen LogP contribution is 1.98. The van der Waals surface area contributed by atoms with E-state index >= 15 is 0 Å². The Bertz CT molecular complexity index is 286. The molecule has 138 valence electrons. The van der Waals surface area contributed by atoms with Crippen molar-refractivity contribution < 1.29 is 23.4 Å². The van der Waals surface area contributed by atoms with Crippen molar-refractivity contribution in [1.82, 2.24) is 10.0 Å². The Morgan fingerprint density at radius 2 is 1.61 bits per heavy atom. The maximum Gasteiger partial charge on any atom is 0.222 e. The van der Waals surface area contributed by atoms with Crippen molar-refractivity contribution >= 4 is 17.9 Å². The predicted octanol–water partition coefficient (Wildman–Crippen LogP) is 1.40. The smallest absolute Gasteiger partial charge is 0.222 e. The molecule has 2 N–H and O–H groups in total. The second-order valence-corrected chi connectivity index (χ2v) is 5.92. The standard InChI is InChI=1S/C15H31FN2O4S/c1-13(2)15(19)17-12-14(16)4-6-20-8-10-22-11-9-21-7-5-18-23-3/h13-14,18H,4-12H2,1-3H3,(H,17,19). The van der Waals surface area contributed by atoms with Crippen LogP contribution in [0.3, 0.4) is 0 Å². The lowest BCUT2D eigenvalue weighted by Gasteiger charge is -2.11. The van der Waals surface area contributed by atoms with Gasteiger partial charge in [0.2, 0.25) is 5.91 Å². The molecule has 1 unspecified atom stereocenters. The van der Waals surface area contributed by atoms with Gasteiger partial charge in [-0.15, -0.1) is 0 Å². The van der Waals surface area contributed by atoms with Gasteiger partial charge >= 0.3 is 0 Å². The number of alkyl halides is 1. The molecular weight excluding hydrogens is 323 g/mol. The van der Waals surface area contributed by atoms with Crippen LogP contribution in [-0.4, -0.2) is 71.1 Å². The van der Waals surface area contributed by atoms with Crippen LogP contribution in [0, 0.1) is 5.92 Å². The van der Waals surface area contributed by atoms with Crippen molar-refractivity contribution in [3.63, 3.8) is 0 Å². The molecule has 0 aromatic heterocycles. The first kappa shape index (κ1) is 22.6. The number of carbonyl (C=O) groups is 1. The van der Waals surface area contributed by atoms with Crippen LogP contribution in [0.15, 0.2) is 0 Å². The highest BCUT2D eigenvalue weighted by atomic mass is 32.2. The SMILES string of the molecule is CSNCCOCCOCCOCCC(F)CNC(=O)C(C)C. The quantitative estimate of drug-likeness (QED) is 0.323. The summed E-state index contributed by atoms with van der Waals surface area (Å²) in [4.78, 5) is 11.3. The lowest BCUT2D eigenvalue weighted by molar-refractivity contribution is -0.124. The molecule has 6 nitrogen and oxygen atoms in total. The summed E-state index contributed by atoms with van der Waals surface area (Å²) in [6, 6.07) is 0. The predicted molar refractivity (Wildman–Crippen MR) is 91.3 cm³/mol. The van der Waals surface area contributed by atoms with Gasteiger partial charge in [-0.2, -0.15) is 0 Å². The van der Waals surface area contributed by atoms with Crippen molar-refractivity contribution in [3.8, 4) is 0 Å². The number of hydrogen-bond acceptors (Lipinski definition) is 6. The molecule has 0 heterocycles. The van der Waals surface area contributed by atoms with E-state index in [9.17, 15) is 9.18 Å². The van der Waals surface area contributed by atoms with Crippen molar-refractivity contribution in [2.24, 2.45) is 5.92 Å². The number of halogens is 1. The number of amides is 1. The van der Waals surface area contributed by atoms with Crippen LogP contribution in [0.25, 0.3) is 0 Å². The van der Waals surface area contributed by atoms with E-state index in [0.29, 0.717) is 39.6 Å². The van der Waals surface area contributed by atoms with E-state index in [1.807, 2.05) is 6.26 Å². The molecule has 0 fully saturated rings. The molecule has 1 atom stereocenters. The summed E-state index contributed by atoms with van der Waals surface area (Å²) in [5.41, 5.74) is 0. The molecule has 0 aliphatic heterocycles. The van der Waals surface area contributed by atoms with Crippen LogP contribution in [-0.2, 0) is 19.0 Å².